The highest BCUT2D eigenvalue weighted by molar-refractivity contribution is 6.00. The average Bonchev–Trinajstić information content (AvgIpc) is 3.11. The summed E-state index contributed by atoms with van der Waals surface area (Å²) >= 11 is 0. The van der Waals surface area contributed by atoms with E-state index in [4.69, 9.17) is 9.47 Å². The van der Waals surface area contributed by atoms with Crippen molar-refractivity contribution in [3.8, 4) is 5.75 Å². The number of aromatic nitrogens is 1. The number of benzene rings is 2. The molecule has 0 spiro atoms. The van der Waals surface area contributed by atoms with Gasteiger partial charge >= 0.3 is 0 Å². The molecule has 2 aromatic carbocycles. The highest BCUT2D eigenvalue weighted by Gasteiger charge is 2.29. The first-order valence-corrected chi connectivity index (χ1v) is 10.8. The van der Waals surface area contributed by atoms with Crippen LogP contribution in [0.3, 0.4) is 0 Å². The Labute approximate surface area is 183 Å². The minimum atomic E-state index is 0.0223. The Morgan fingerprint density at radius 3 is 2.55 bits per heavy atom. The monoisotopic (exact) mass is 418 g/mol. The second-order valence-corrected chi connectivity index (χ2v) is 8.36. The summed E-state index contributed by atoms with van der Waals surface area (Å²) in [6, 6.07) is 16.4. The number of ether oxygens (including phenoxy) is 2. The molecule has 5 nitrogen and oxygen atoms in total. The Balaban J connectivity index is 1.78. The fraction of sp³-hybridized carbons (Fsp3) is 0.346. The predicted octanol–water partition coefficient (Wildman–Crippen LogP) is 4.81. The van der Waals surface area contributed by atoms with Crippen molar-refractivity contribution in [3.05, 3.63) is 78.0 Å². The third-order valence-corrected chi connectivity index (χ3v) is 5.65. The molecule has 0 N–H and O–H groups in total. The molecule has 0 aliphatic carbocycles. The summed E-state index contributed by atoms with van der Waals surface area (Å²) in [6.07, 6.45) is 1.77. The van der Waals surface area contributed by atoms with E-state index in [1.807, 2.05) is 43.0 Å². The number of amides is 1. The third-order valence-electron chi connectivity index (χ3n) is 5.65. The fourth-order valence-electron chi connectivity index (χ4n) is 4.26. The summed E-state index contributed by atoms with van der Waals surface area (Å²) in [5.74, 6) is 0.790. The third kappa shape index (κ3) is 4.52. The highest BCUT2D eigenvalue weighted by atomic mass is 16.5. The number of hydrogen-bond acceptors (Lipinski definition) is 3. The van der Waals surface area contributed by atoms with E-state index in [1.165, 1.54) is 5.56 Å². The van der Waals surface area contributed by atoms with Gasteiger partial charge in [-0.3, -0.25) is 4.79 Å². The van der Waals surface area contributed by atoms with Crippen molar-refractivity contribution in [2.75, 3.05) is 19.7 Å². The second kappa shape index (κ2) is 8.98. The largest absolute Gasteiger partial charge is 0.489 e. The van der Waals surface area contributed by atoms with Crippen molar-refractivity contribution in [2.45, 2.75) is 39.5 Å². The molecule has 0 radical (unpaired) electrons. The Kier molecular flexibility index (Phi) is 6.14. The van der Waals surface area contributed by atoms with Gasteiger partial charge in [-0.1, -0.05) is 48.6 Å². The number of rotatable bonds is 6. The Morgan fingerprint density at radius 2 is 1.87 bits per heavy atom. The summed E-state index contributed by atoms with van der Waals surface area (Å²) in [5.41, 5.74) is 4.03. The number of fused-ring (bicyclic) bond motifs is 1. The second-order valence-electron chi connectivity index (χ2n) is 8.36. The summed E-state index contributed by atoms with van der Waals surface area (Å²) in [6.45, 7) is 12.1. The van der Waals surface area contributed by atoms with Crippen LogP contribution < -0.4 is 4.74 Å². The lowest BCUT2D eigenvalue weighted by Gasteiger charge is -2.35. The first-order valence-electron chi connectivity index (χ1n) is 10.8. The fourth-order valence-corrected chi connectivity index (χ4v) is 4.26. The number of nitrogens with zero attached hydrogens (tertiary/aromatic N) is 2. The molecule has 3 aromatic rings. The number of aryl methyl sites for hydroxylation is 1. The van der Waals surface area contributed by atoms with Crippen LogP contribution in [0.5, 0.6) is 5.75 Å². The van der Waals surface area contributed by atoms with Gasteiger partial charge in [-0.2, -0.15) is 0 Å². The van der Waals surface area contributed by atoms with Crippen LogP contribution in [0, 0.1) is 6.92 Å². The van der Waals surface area contributed by atoms with Crippen molar-refractivity contribution in [1.82, 2.24) is 9.47 Å². The van der Waals surface area contributed by atoms with E-state index >= 15 is 0 Å². The van der Waals surface area contributed by atoms with Crippen LogP contribution >= 0.6 is 0 Å². The van der Waals surface area contributed by atoms with Crippen LogP contribution in [-0.2, 0) is 11.3 Å². The minimum absolute atomic E-state index is 0.0223. The minimum Gasteiger partial charge on any atom is -0.489 e. The molecule has 2 atom stereocenters. The van der Waals surface area contributed by atoms with Gasteiger partial charge in [0.05, 0.1) is 17.7 Å². The van der Waals surface area contributed by atoms with Gasteiger partial charge in [-0.15, -0.1) is 0 Å². The number of hydrogen-bond donors (Lipinski definition) is 0. The van der Waals surface area contributed by atoms with Crippen LogP contribution in [0.25, 0.3) is 10.9 Å². The lowest BCUT2D eigenvalue weighted by Crippen LogP contribution is -2.48. The maximum absolute atomic E-state index is 13.6. The zero-order valence-corrected chi connectivity index (χ0v) is 18.5. The van der Waals surface area contributed by atoms with Gasteiger partial charge in [-0.25, -0.2) is 0 Å². The van der Waals surface area contributed by atoms with Crippen LogP contribution in [0.2, 0.25) is 0 Å². The standard InChI is InChI=1S/C26H30N2O3/c1-5-13-30-25-8-6-7-23-22(25)14-24(26(29)27-15-19(3)31-20(4)16-27)28(23)17-21-11-9-18(2)10-12-21/h5-12,14,19-20H,1,13,15-17H2,2-4H3/t19-,20-/m0/s1. The van der Waals surface area contributed by atoms with Crippen molar-refractivity contribution < 1.29 is 14.3 Å². The quantitative estimate of drug-likeness (QED) is 0.540. The molecule has 162 valence electrons. The molecule has 31 heavy (non-hydrogen) atoms. The van der Waals surface area contributed by atoms with E-state index < -0.39 is 0 Å². The van der Waals surface area contributed by atoms with Crippen molar-refractivity contribution in [2.24, 2.45) is 0 Å². The van der Waals surface area contributed by atoms with Crippen LogP contribution in [0.1, 0.15) is 35.5 Å². The van der Waals surface area contributed by atoms with Crippen molar-refractivity contribution in [1.29, 1.82) is 0 Å². The van der Waals surface area contributed by atoms with Gasteiger partial charge in [-0.05, 0) is 44.5 Å². The van der Waals surface area contributed by atoms with Crippen LogP contribution in [-0.4, -0.2) is 47.3 Å². The predicted molar refractivity (Wildman–Crippen MR) is 124 cm³/mol. The molecule has 1 aliphatic heterocycles. The number of carbonyl (C=O) groups is 1. The summed E-state index contributed by atoms with van der Waals surface area (Å²) in [4.78, 5) is 15.5. The molecule has 1 amide bonds. The molecule has 2 heterocycles. The molecule has 1 fully saturated rings. The van der Waals surface area contributed by atoms with Crippen molar-refractivity contribution >= 4 is 16.8 Å². The van der Waals surface area contributed by atoms with Gasteiger partial charge in [0, 0.05) is 25.0 Å². The first-order chi connectivity index (χ1) is 15.0. The number of morpholine rings is 1. The maximum Gasteiger partial charge on any atom is 0.270 e. The first kappa shape index (κ1) is 21.2. The maximum atomic E-state index is 13.6. The van der Waals surface area contributed by atoms with E-state index in [0.29, 0.717) is 31.9 Å². The molecule has 0 saturated carbocycles. The van der Waals surface area contributed by atoms with E-state index in [2.05, 4.69) is 42.3 Å². The highest BCUT2D eigenvalue weighted by Crippen LogP contribution is 2.31. The smallest absolute Gasteiger partial charge is 0.270 e. The lowest BCUT2D eigenvalue weighted by molar-refractivity contribution is -0.0588. The zero-order chi connectivity index (χ0) is 22.0. The molecule has 0 unspecified atom stereocenters. The van der Waals surface area contributed by atoms with Crippen LogP contribution in [0.4, 0.5) is 0 Å². The molecular weight excluding hydrogens is 388 g/mol. The molecule has 4 rings (SSSR count). The van der Waals surface area contributed by atoms with Gasteiger partial charge in [0.2, 0.25) is 0 Å². The lowest BCUT2D eigenvalue weighted by atomic mass is 10.1. The van der Waals surface area contributed by atoms with Crippen molar-refractivity contribution in [3.63, 3.8) is 0 Å². The Bertz CT molecular complexity index is 1070. The molecule has 1 saturated heterocycles. The van der Waals surface area contributed by atoms with Gasteiger partial charge in [0.15, 0.2) is 0 Å². The molecule has 1 aliphatic rings. The molecule has 5 heteroatoms. The zero-order valence-electron chi connectivity index (χ0n) is 18.5. The summed E-state index contributed by atoms with van der Waals surface area (Å²) in [7, 11) is 0. The Hall–Kier alpha value is -3.05. The van der Waals surface area contributed by atoms with Gasteiger partial charge in [0.25, 0.3) is 5.91 Å². The topological polar surface area (TPSA) is 43.7 Å². The summed E-state index contributed by atoms with van der Waals surface area (Å²) in [5, 5.41) is 0.939. The molecular formula is C26H30N2O3. The van der Waals surface area contributed by atoms with E-state index in [1.54, 1.807) is 6.08 Å². The molecule has 0 bridgehead atoms. The van der Waals surface area contributed by atoms with Crippen LogP contribution in [0.15, 0.2) is 61.2 Å². The normalized spacial score (nSPS) is 18.9. The Morgan fingerprint density at radius 1 is 1.16 bits per heavy atom. The SMILES string of the molecule is C=CCOc1cccc2c1cc(C(=O)N1C[C@H](C)O[C@@H](C)C1)n2Cc1ccc(C)cc1. The van der Waals surface area contributed by atoms with E-state index in [-0.39, 0.29) is 18.1 Å². The van der Waals surface area contributed by atoms with E-state index in [9.17, 15) is 4.79 Å². The summed E-state index contributed by atoms with van der Waals surface area (Å²) < 4.78 is 13.8. The van der Waals surface area contributed by atoms with Gasteiger partial charge < -0.3 is 18.9 Å². The average molecular weight is 419 g/mol. The molecule has 1 aromatic heterocycles. The number of carbonyl (C=O) groups excluding carboxylic acids is 1. The van der Waals surface area contributed by atoms with Gasteiger partial charge in [0.1, 0.15) is 18.1 Å². The van der Waals surface area contributed by atoms with E-state index in [0.717, 1.165) is 22.2 Å².